The molecule has 11 heteroatoms. The SMILES string of the molecule is CN1C[C@H](Nc2cnn(C)c(=O)c2Br)C[C@H](c2ccc(CN3CC4(CCN(c5ccc(C6CCC(=O)NC6=O)cc5)CC4)C3)cc2)C1. The van der Waals surface area contributed by atoms with Crippen molar-refractivity contribution < 1.29 is 9.59 Å². The number of anilines is 2. The number of likely N-dealkylation sites (tertiary alicyclic amines) is 2. The second-order valence-corrected chi connectivity index (χ2v) is 15.1. The summed E-state index contributed by atoms with van der Waals surface area (Å²) in [7, 11) is 3.82. The second kappa shape index (κ2) is 13.2. The number of rotatable bonds is 7. The van der Waals surface area contributed by atoms with E-state index in [0.717, 1.165) is 63.5 Å². The van der Waals surface area contributed by atoms with Gasteiger partial charge in [-0.05, 0) is 88.8 Å². The summed E-state index contributed by atoms with van der Waals surface area (Å²) in [6.07, 6.45) is 6.12. The van der Waals surface area contributed by atoms with Gasteiger partial charge in [0, 0.05) is 71.0 Å². The third kappa shape index (κ3) is 6.89. The van der Waals surface area contributed by atoms with Gasteiger partial charge in [0.05, 0.1) is 17.8 Å². The van der Waals surface area contributed by atoms with E-state index in [-0.39, 0.29) is 29.3 Å². The van der Waals surface area contributed by atoms with Crippen molar-refractivity contribution in [3.05, 3.63) is 86.2 Å². The molecule has 2 aromatic carbocycles. The Morgan fingerprint density at radius 2 is 1.66 bits per heavy atom. The number of carbonyl (C=O) groups excluding carboxylic acids is 2. The fourth-order valence-corrected chi connectivity index (χ4v) is 8.62. The fourth-order valence-electron chi connectivity index (χ4n) is 8.15. The first-order valence-electron chi connectivity index (χ1n) is 16.8. The first-order valence-corrected chi connectivity index (χ1v) is 17.6. The van der Waals surface area contributed by atoms with Gasteiger partial charge in [-0.25, -0.2) is 4.68 Å². The van der Waals surface area contributed by atoms with Gasteiger partial charge in [0.15, 0.2) is 0 Å². The highest BCUT2D eigenvalue weighted by Gasteiger charge is 2.44. The molecule has 1 aromatic heterocycles. The molecular formula is C36H44BrN7O3. The van der Waals surface area contributed by atoms with Gasteiger partial charge in [0.25, 0.3) is 5.56 Å². The standard InChI is InChI=1S/C36H44BrN7O3/c1-41-20-27(17-28(21-41)39-31-18-38-42(2)35(47)33(31)37)25-5-3-24(4-6-25)19-43-22-36(23-43)13-15-44(16-14-36)29-9-7-26(8-10-29)30-11-12-32(45)40-34(30)46/h3-10,18,27-28,30,39H,11-17,19-23H2,1-2H3,(H,40,45,46)/t27-,28+,30?/m0/s1. The van der Waals surface area contributed by atoms with Crippen LogP contribution in [0.4, 0.5) is 11.4 Å². The molecule has 0 aliphatic carbocycles. The molecule has 2 amide bonds. The summed E-state index contributed by atoms with van der Waals surface area (Å²) in [5.41, 5.74) is 5.98. The molecule has 47 heavy (non-hydrogen) atoms. The number of halogens is 1. The van der Waals surface area contributed by atoms with Crippen LogP contribution >= 0.6 is 15.9 Å². The van der Waals surface area contributed by atoms with Crippen molar-refractivity contribution in [2.24, 2.45) is 12.5 Å². The monoisotopic (exact) mass is 701 g/mol. The lowest BCUT2D eigenvalue weighted by Gasteiger charge is -2.54. The van der Waals surface area contributed by atoms with Crippen LogP contribution in [0.2, 0.25) is 0 Å². The Balaban J connectivity index is 0.882. The van der Waals surface area contributed by atoms with Crippen LogP contribution in [-0.4, -0.2) is 83.8 Å². The number of nitrogens with zero attached hydrogens (tertiary/aromatic N) is 5. The molecule has 4 saturated heterocycles. The number of aromatic nitrogens is 2. The highest BCUT2D eigenvalue weighted by molar-refractivity contribution is 9.10. The summed E-state index contributed by atoms with van der Waals surface area (Å²) in [5, 5.41) is 10.2. The van der Waals surface area contributed by atoms with E-state index in [2.05, 4.69) is 102 Å². The Hall–Kier alpha value is -3.54. The molecule has 4 aliphatic rings. The fraction of sp³-hybridized carbons (Fsp3) is 0.500. The van der Waals surface area contributed by atoms with E-state index in [4.69, 9.17) is 0 Å². The Kier molecular flexibility index (Phi) is 8.97. The average molecular weight is 703 g/mol. The van der Waals surface area contributed by atoms with E-state index < -0.39 is 0 Å². The topological polar surface area (TPSA) is 103 Å². The molecule has 3 atom stereocenters. The van der Waals surface area contributed by atoms with E-state index in [9.17, 15) is 14.4 Å². The molecule has 1 unspecified atom stereocenters. The number of hydrogen-bond acceptors (Lipinski definition) is 8. The molecule has 1 spiro atoms. The van der Waals surface area contributed by atoms with Crippen LogP contribution in [0.1, 0.15) is 60.6 Å². The quantitative estimate of drug-likeness (QED) is 0.356. The van der Waals surface area contributed by atoms with Crippen LogP contribution in [0.3, 0.4) is 0 Å². The second-order valence-electron chi connectivity index (χ2n) is 14.3. The Labute approximate surface area is 284 Å². The molecule has 4 aliphatic heterocycles. The Bertz CT molecular complexity index is 1680. The van der Waals surface area contributed by atoms with E-state index >= 15 is 0 Å². The van der Waals surface area contributed by atoms with Gasteiger partial charge < -0.3 is 15.1 Å². The Morgan fingerprint density at radius 1 is 0.957 bits per heavy atom. The summed E-state index contributed by atoms with van der Waals surface area (Å²) in [5.74, 6) is -0.156. The van der Waals surface area contributed by atoms with Crippen LogP contribution in [0, 0.1) is 5.41 Å². The maximum absolute atomic E-state index is 12.3. The average Bonchev–Trinajstić information content (AvgIpc) is 3.05. The van der Waals surface area contributed by atoms with E-state index in [0.29, 0.717) is 28.6 Å². The molecule has 0 saturated carbocycles. The van der Waals surface area contributed by atoms with Gasteiger partial charge in [-0.15, -0.1) is 0 Å². The first kappa shape index (κ1) is 32.0. The summed E-state index contributed by atoms with van der Waals surface area (Å²) in [6, 6.07) is 17.9. The molecule has 0 bridgehead atoms. The Morgan fingerprint density at radius 3 is 2.36 bits per heavy atom. The number of piperidine rings is 3. The summed E-state index contributed by atoms with van der Waals surface area (Å²) >= 11 is 3.45. The van der Waals surface area contributed by atoms with Gasteiger partial charge in [-0.2, -0.15) is 5.10 Å². The molecule has 2 N–H and O–H groups in total. The largest absolute Gasteiger partial charge is 0.379 e. The minimum absolute atomic E-state index is 0.138. The van der Waals surface area contributed by atoms with Crippen molar-refractivity contribution in [2.75, 3.05) is 56.5 Å². The molecule has 7 rings (SSSR count). The smallest absolute Gasteiger partial charge is 0.282 e. The van der Waals surface area contributed by atoms with Crippen molar-refractivity contribution in [1.82, 2.24) is 24.9 Å². The predicted molar refractivity (Wildman–Crippen MR) is 187 cm³/mol. The number of aryl methyl sites for hydroxylation is 1. The number of nitrogens with one attached hydrogen (secondary N) is 2. The van der Waals surface area contributed by atoms with Crippen LogP contribution in [0.15, 0.2) is 64.0 Å². The minimum Gasteiger partial charge on any atom is -0.379 e. The van der Waals surface area contributed by atoms with Crippen LogP contribution in [0.25, 0.3) is 0 Å². The van der Waals surface area contributed by atoms with Gasteiger partial charge >= 0.3 is 0 Å². The molecule has 3 aromatic rings. The third-order valence-electron chi connectivity index (χ3n) is 10.8. The lowest BCUT2D eigenvalue weighted by atomic mass is 9.71. The van der Waals surface area contributed by atoms with E-state index in [1.807, 2.05) is 0 Å². The maximum atomic E-state index is 12.3. The number of carbonyl (C=O) groups is 2. The lowest BCUT2D eigenvalue weighted by Crippen LogP contribution is -2.59. The summed E-state index contributed by atoms with van der Waals surface area (Å²) < 4.78 is 1.87. The number of imide groups is 1. The number of hydrogen-bond donors (Lipinski definition) is 2. The lowest BCUT2D eigenvalue weighted by molar-refractivity contribution is -0.134. The zero-order chi connectivity index (χ0) is 32.7. The van der Waals surface area contributed by atoms with Gasteiger partial charge in [-0.1, -0.05) is 36.4 Å². The molecule has 5 heterocycles. The summed E-state index contributed by atoms with van der Waals surface area (Å²) in [6.45, 7) is 7.35. The zero-order valence-corrected chi connectivity index (χ0v) is 28.8. The highest BCUT2D eigenvalue weighted by Crippen LogP contribution is 2.42. The third-order valence-corrected chi connectivity index (χ3v) is 11.5. The van der Waals surface area contributed by atoms with Gasteiger partial charge in [-0.3, -0.25) is 24.6 Å². The molecular weight excluding hydrogens is 658 g/mol. The van der Waals surface area contributed by atoms with Crippen LogP contribution in [-0.2, 0) is 23.2 Å². The van der Waals surface area contributed by atoms with Crippen molar-refractivity contribution >= 4 is 39.1 Å². The van der Waals surface area contributed by atoms with Crippen molar-refractivity contribution in [3.8, 4) is 0 Å². The first-order chi connectivity index (χ1) is 22.6. The van der Waals surface area contributed by atoms with Gasteiger partial charge in [0.1, 0.15) is 4.47 Å². The van der Waals surface area contributed by atoms with E-state index in [1.165, 1.54) is 34.3 Å². The van der Waals surface area contributed by atoms with E-state index in [1.54, 1.807) is 13.2 Å². The molecule has 10 nitrogen and oxygen atoms in total. The number of benzene rings is 2. The molecule has 248 valence electrons. The van der Waals surface area contributed by atoms with Crippen molar-refractivity contribution in [1.29, 1.82) is 0 Å². The minimum atomic E-state index is -0.230. The maximum Gasteiger partial charge on any atom is 0.282 e. The predicted octanol–water partition coefficient (Wildman–Crippen LogP) is 4.07. The normalized spacial score (nSPS) is 25.0. The van der Waals surface area contributed by atoms with Crippen LogP contribution < -0.4 is 21.1 Å². The summed E-state index contributed by atoms with van der Waals surface area (Å²) in [4.78, 5) is 43.5. The van der Waals surface area contributed by atoms with Gasteiger partial charge in [0.2, 0.25) is 11.8 Å². The number of likely N-dealkylation sites (N-methyl/N-ethyl adjacent to an activating group) is 1. The van der Waals surface area contributed by atoms with Crippen LogP contribution in [0.5, 0.6) is 0 Å². The van der Waals surface area contributed by atoms with Crippen molar-refractivity contribution in [2.45, 2.75) is 56.5 Å². The molecule has 0 radical (unpaired) electrons. The zero-order valence-electron chi connectivity index (χ0n) is 27.3. The number of amides is 2. The highest BCUT2D eigenvalue weighted by atomic mass is 79.9. The van der Waals surface area contributed by atoms with Crippen molar-refractivity contribution in [3.63, 3.8) is 0 Å². The molecule has 4 fully saturated rings.